The molecule has 37 heavy (non-hydrogen) atoms. The lowest BCUT2D eigenvalue weighted by Gasteiger charge is -2.14. The lowest BCUT2D eigenvalue weighted by atomic mass is 9.95. The molecule has 2 N–H and O–H groups in total. The van der Waals surface area contributed by atoms with Crippen LogP contribution in [0.25, 0.3) is 0 Å². The van der Waals surface area contributed by atoms with E-state index >= 15 is 0 Å². The van der Waals surface area contributed by atoms with Crippen molar-refractivity contribution in [3.8, 4) is 0 Å². The maximum Gasteiger partial charge on any atom is 0.307 e. The average Bonchev–Trinajstić information content (AvgIpc) is 2.87. The Morgan fingerprint density at radius 2 is 1.70 bits per heavy atom. The standard InChI is InChI=1S/C22H36O3.C8H12O2.C2H6/c1-7-15-25-21(8-2)19(6)16-18(5)20(12-9-11-17(3)4)13-10-14-22(23)24;1-4-8(9)6-5-7(2)10-3;1-2/h8,10,12-13,16-18H,7,9,11,14-15H2,1-6H3,(H,23,24);4-6,9H,1H2,2-3H3;1-2H3/b13-10-,19-16-,20-12+,21-8+;7-5+,8-6+;. The number of rotatable bonds is 15. The van der Waals surface area contributed by atoms with Crippen molar-refractivity contribution < 1.29 is 24.5 Å². The van der Waals surface area contributed by atoms with Crippen LogP contribution >= 0.6 is 0 Å². The van der Waals surface area contributed by atoms with Crippen LogP contribution in [0.5, 0.6) is 0 Å². The molecule has 1 atom stereocenters. The number of carboxylic acid groups (broad SMARTS) is 1. The van der Waals surface area contributed by atoms with Crippen molar-refractivity contribution in [2.45, 2.75) is 88.0 Å². The smallest absolute Gasteiger partial charge is 0.307 e. The Morgan fingerprint density at radius 1 is 1.08 bits per heavy atom. The molecule has 0 saturated heterocycles. The van der Waals surface area contributed by atoms with Crippen LogP contribution in [0.2, 0.25) is 0 Å². The molecule has 0 rings (SSSR count). The fourth-order valence-electron chi connectivity index (χ4n) is 2.81. The van der Waals surface area contributed by atoms with Gasteiger partial charge in [-0.1, -0.05) is 72.4 Å². The van der Waals surface area contributed by atoms with Crippen molar-refractivity contribution in [2.75, 3.05) is 13.7 Å². The topological polar surface area (TPSA) is 76.0 Å². The molecule has 0 fully saturated rings. The maximum atomic E-state index is 10.8. The molecule has 0 bridgehead atoms. The monoisotopic (exact) mass is 518 g/mol. The van der Waals surface area contributed by atoms with E-state index in [1.165, 1.54) is 12.2 Å². The number of aliphatic hydroxyl groups excluding tert-OH is 1. The third-order valence-electron chi connectivity index (χ3n) is 4.89. The van der Waals surface area contributed by atoms with E-state index in [1.54, 1.807) is 26.2 Å². The van der Waals surface area contributed by atoms with Crippen molar-refractivity contribution in [3.63, 3.8) is 0 Å². The highest BCUT2D eigenvalue weighted by molar-refractivity contribution is 5.68. The first-order valence-electron chi connectivity index (χ1n) is 13.3. The minimum absolute atomic E-state index is 0.0522. The van der Waals surface area contributed by atoms with Gasteiger partial charge in [0.1, 0.15) is 11.5 Å². The molecule has 0 amide bonds. The first-order chi connectivity index (χ1) is 17.5. The van der Waals surface area contributed by atoms with Crippen molar-refractivity contribution in [1.82, 2.24) is 0 Å². The summed E-state index contributed by atoms with van der Waals surface area (Å²) in [5.41, 5.74) is 2.28. The summed E-state index contributed by atoms with van der Waals surface area (Å²) in [5, 5.41) is 17.7. The molecule has 0 saturated carbocycles. The van der Waals surface area contributed by atoms with Crippen LogP contribution in [-0.2, 0) is 14.3 Å². The highest BCUT2D eigenvalue weighted by Crippen LogP contribution is 2.21. The van der Waals surface area contributed by atoms with E-state index in [0.717, 1.165) is 48.5 Å². The van der Waals surface area contributed by atoms with E-state index in [4.69, 9.17) is 19.7 Å². The van der Waals surface area contributed by atoms with Crippen molar-refractivity contribution >= 4 is 5.97 Å². The molecule has 212 valence electrons. The highest BCUT2D eigenvalue weighted by atomic mass is 16.5. The molecular formula is C32H54O5. The van der Waals surface area contributed by atoms with Gasteiger partial charge in [0, 0.05) is 0 Å². The normalized spacial score (nSPS) is 13.9. The summed E-state index contributed by atoms with van der Waals surface area (Å²) in [4.78, 5) is 10.8. The lowest BCUT2D eigenvalue weighted by Crippen LogP contribution is -2.00. The molecule has 0 heterocycles. The summed E-state index contributed by atoms with van der Waals surface area (Å²) in [5.74, 6) is 1.86. The predicted molar refractivity (Wildman–Crippen MR) is 159 cm³/mol. The van der Waals surface area contributed by atoms with Gasteiger partial charge >= 0.3 is 5.97 Å². The van der Waals surface area contributed by atoms with E-state index in [1.807, 2.05) is 32.9 Å². The SMILES string of the molecule is C/C=C(OCCC)\C(C)=C/C(C)C(/C=C\CC(=O)O)=C/CCC(C)C.C=C/C(O)=C\C=C(/C)OC.CC. The largest absolute Gasteiger partial charge is 0.508 e. The lowest BCUT2D eigenvalue weighted by molar-refractivity contribution is -0.136. The van der Waals surface area contributed by atoms with Crippen LogP contribution in [0, 0.1) is 11.8 Å². The minimum atomic E-state index is -0.804. The minimum Gasteiger partial charge on any atom is -0.508 e. The fourth-order valence-corrected chi connectivity index (χ4v) is 2.81. The number of allylic oxidation sites excluding steroid dienone is 10. The van der Waals surface area contributed by atoms with Crippen LogP contribution in [0.4, 0.5) is 0 Å². The Balaban J connectivity index is -0.000000803. The van der Waals surface area contributed by atoms with Crippen LogP contribution in [0.3, 0.4) is 0 Å². The Kier molecular flexibility index (Phi) is 27.2. The predicted octanol–water partition coefficient (Wildman–Crippen LogP) is 9.48. The molecule has 5 nitrogen and oxygen atoms in total. The van der Waals surface area contributed by atoms with Crippen molar-refractivity contribution in [1.29, 1.82) is 0 Å². The number of aliphatic hydroxyl groups is 1. The van der Waals surface area contributed by atoms with Gasteiger partial charge in [0.25, 0.3) is 0 Å². The molecule has 0 aliphatic carbocycles. The van der Waals surface area contributed by atoms with E-state index in [0.29, 0.717) is 5.92 Å². The maximum absolute atomic E-state index is 10.8. The van der Waals surface area contributed by atoms with Gasteiger partial charge in [0.05, 0.1) is 25.9 Å². The van der Waals surface area contributed by atoms with Gasteiger partial charge in [0.15, 0.2) is 0 Å². The fraction of sp³-hybridized carbons (Fsp3) is 0.531. The second-order valence-electron chi connectivity index (χ2n) is 8.59. The number of carboxylic acids is 1. The van der Waals surface area contributed by atoms with Crippen LogP contribution in [-0.4, -0.2) is 29.9 Å². The Labute approximate surface area is 227 Å². The van der Waals surface area contributed by atoms with Gasteiger partial charge in [0.2, 0.25) is 0 Å². The third kappa shape index (κ3) is 24.5. The molecule has 1 unspecified atom stereocenters. The number of aliphatic carboxylic acids is 1. The Morgan fingerprint density at radius 3 is 2.16 bits per heavy atom. The van der Waals surface area contributed by atoms with Gasteiger partial charge in [-0.3, -0.25) is 4.79 Å². The van der Waals surface area contributed by atoms with E-state index in [2.05, 4.69) is 53.3 Å². The average molecular weight is 519 g/mol. The molecule has 5 heteroatoms. The molecule has 0 aromatic heterocycles. The van der Waals surface area contributed by atoms with E-state index in [-0.39, 0.29) is 18.1 Å². The molecule has 0 aliphatic heterocycles. The molecule has 0 radical (unpaired) electrons. The number of methoxy groups -OCH3 is 1. The zero-order valence-electron chi connectivity index (χ0n) is 25.1. The second kappa shape index (κ2) is 26.1. The number of hydrogen-bond donors (Lipinski definition) is 2. The van der Waals surface area contributed by atoms with Crippen molar-refractivity contribution in [2.24, 2.45) is 11.8 Å². The number of ether oxygens (including phenoxy) is 2. The van der Waals surface area contributed by atoms with Crippen LogP contribution in [0.15, 0.2) is 83.6 Å². The zero-order valence-corrected chi connectivity index (χ0v) is 25.1. The first kappa shape index (κ1) is 38.6. The van der Waals surface area contributed by atoms with Gasteiger partial charge in [-0.2, -0.15) is 0 Å². The quantitative estimate of drug-likeness (QED) is 0.167. The third-order valence-corrected chi connectivity index (χ3v) is 4.89. The molecule has 0 aliphatic rings. The van der Waals surface area contributed by atoms with Gasteiger partial charge in [-0.05, 0) is 87.3 Å². The first-order valence-corrected chi connectivity index (χ1v) is 13.3. The molecule has 0 aromatic rings. The van der Waals surface area contributed by atoms with Crippen LogP contribution in [0.1, 0.15) is 88.0 Å². The van der Waals surface area contributed by atoms with Gasteiger partial charge < -0.3 is 19.7 Å². The zero-order chi connectivity index (χ0) is 29.2. The second-order valence-corrected chi connectivity index (χ2v) is 8.59. The number of hydrogen-bond acceptors (Lipinski definition) is 4. The van der Waals surface area contributed by atoms with Gasteiger partial charge in [-0.25, -0.2) is 0 Å². The number of carbonyl (C=O) groups is 1. The van der Waals surface area contributed by atoms with Crippen molar-refractivity contribution in [3.05, 3.63) is 83.6 Å². The summed E-state index contributed by atoms with van der Waals surface area (Å²) < 4.78 is 10.6. The van der Waals surface area contributed by atoms with E-state index < -0.39 is 5.97 Å². The Hall–Kier alpha value is -2.95. The molecule has 0 spiro atoms. The summed E-state index contributed by atoms with van der Waals surface area (Å²) in [6.07, 6.45) is 17.8. The van der Waals surface area contributed by atoms with E-state index in [9.17, 15) is 4.79 Å². The van der Waals surface area contributed by atoms with Crippen LogP contribution < -0.4 is 0 Å². The Bertz CT molecular complexity index is 792. The summed E-state index contributed by atoms with van der Waals surface area (Å²) in [7, 11) is 1.57. The summed E-state index contributed by atoms with van der Waals surface area (Å²) in [6, 6.07) is 0. The molecule has 0 aromatic carbocycles. The summed E-state index contributed by atoms with van der Waals surface area (Å²) >= 11 is 0. The summed E-state index contributed by atoms with van der Waals surface area (Å²) in [6.45, 7) is 22.6. The highest BCUT2D eigenvalue weighted by Gasteiger charge is 2.07. The molecular weight excluding hydrogens is 464 g/mol. The van der Waals surface area contributed by atoms with Gasteiger partial charge in [-0.15, -0.1) is 0 Å².